The number of hydrogen-bond acceptors (Lipinski definition) is 7. The molecule has 2 aromatic carbocycles. The average Bonchev–Trinajstić information content (AvgIpc) is 3.38. The summed E-state index contributed by atoms with van der Waals surface area (Å²) in [5, 5.41) is 3.60. The van der Waals surface area contributed by atoms with Gasteiger partial charge in [-0.05, 0) is 30.2 Å². The smallest absolute Gasteiger partial charge is 0.224 e. The van der Waals surface area contributed by atoms with Crippen LogP contribution in [0.2, 0.25) is 0 Å². The maximum Gasteiger partial charge on any atom is 0.224 e. The van der Waals surface area contributed by atoms with Gasteiger partial charge in [-0.15, -0.1) is 0 Å². The molecule has 8 nitrogen and oxygen atoms in total. The molecule has 0 aliphatic carbocycles. The minimum Gasteiger partial charge on any atom is -0.490 e. The molecule has 0 unspecified atom stereocenters. The van der Waals surface area contributed by atoms with Crippen molar-refractivity contribution in [2.24, 2.45) is 0 Å². The molecule has 0 saturated carbocycles. The lowest BCUT2D eigenvalue weighted by molar-refractivity contribution is -0.119. The van der Waals surface area contributed by atoms with E-state index in [2.05, 4.69) is 15.2 Å². The van der Waals surface area contributed by atoms with Gasteiger partial charge in [-0.2, -0.15) is 0 Å². The Labute approximate surface area is 205 Å². The summed E-state index contributed by atoms with van der Waals surface area (Å²) in [6, 6.07) is 11.4. The number of hydrogen-bond donors (Lipinski definition) is 1. The van der Waals surface area contributed by atoms with Gasteiger partial charge in [0, 0.05) is 50.9 Å². The van der Waals surface area contributed by atoms with Crippen molar-refractivity contribution in [3.63, 3.8) is 0 Å². The van der Waals surface area contributed by atoms with Gasteiger partial charge in [0.1, 0.15) is 11.5 Å². The number of ether oxygens (including phenoxy) is 4. The van der Waals surface area contributed by atoms with Crippen LogP contribution in [-0.2, 0) is 22.4 Å². The quantitative estimate of drug-likeness (QED) is 0.473. The van der Waals surface area contributed by atoms with E-state index in [1.807, 2.05) is 36.4 Å². The lowest BCUT2D eigenvalue weighted by atomic mass is 10.0. The van der Waals surface area contributed by atoms with Crippen LogP contribution in [0, 0.1) is 0 Å². The molecule has 0 radical (unpaired) electrons. The summed E-state index contributed by atoms with van der Waals surface area (Å²) >= 11 is 0. The van der Waals surface area contributed by atoms with E-state index in [0.29, 0.717) is 25.4 Å². The van der Waals surface area contributed by atoms with Gasteiger partial charge in [0.05, 0.1) is 43.8 Å². The van der Waals surface area contributed by atoms with Crippen LogP contribution in [0.4, 0.5) is 0 Å². The van der Waals surface area contributed by atoms with Crippen LogP contribution in [0.3, 0.4) is 0 Å². The van der Waals surface area contributed by atoms with Gasteiger partial charge in [0.2, 0.25) is 5.91 Å². The van der Waals surface area contributed by atoms with Gasteiger partial charge >= 0.3 is 0 Å². The molecule has 1 N–H and O–H groups in total. The van der Waals surface area contributed by atoms with Gasteiger partial charge in [-0.1, -0.05) is 12.1 Å². The number of likely N-dealkylation sites (N-methyl/N-ethyl adjacent to an activating group) is 1. The van der Waals surface area contributed by atoms with Crippen LogP contribution in [0.25, 0.3) is 10.9 Å². The molecule has 35 heavy (non-hydrogen) atoms. The highest BCUT2D eigenvalue weighted by atomic mass is 16.5. The number of aromatic nitrogens is 1. The predicted molar refractivity (Wildman–Crippen MR) is 133 cm³/mol. The zero-order valence-corrected chi connectivity index (χ0v) is 20.0. The number of carbonyl (C=O) groups excluding carboxylic acids is 1. The molecule has 2 aliphatic rings. The Morgan fingerprint density at radius 1 is 1.11 bits per heavy atom. The van der Waals surface area contributed by atoms with Gasteiger partial charge in [0.25, 0.3) is 0 Å². The van der Waals surface area contributed by atoms with Crippen LogP contribution >= 0.6 is 0 Å². The Morgan fingerprint density at radius 2 is 1.94 bits per heavy atom. The highest BCUT2D eigenvalue weighted by Crippen LogP contribution is 2.44. The maximum absolute atomic E-state index is 11.6. The van der Waals surface area contributed by atoms with Crippen molar-refractivity contribution in [1.29, 1.82) is 0 Å². The van der Waals surface area contributed by atoms with Crippen LogP contribution in [-0.4, -0.2) is 68.9 Å². The minimum atomic E-state index is -0.0199. The minimum absolute atomic E-state index is 0.0199. The highest BCUT2D eigenvalue weighted by molar-refractivity contribution is 5.93. The molecular weight excluding hydrogens is 446 g/mol. The Kier molecular flexibility index (Phi) is 7.30. The number of morpholine rings is 1. The summed E-state index contributed by atoms with van der Waals surface area (Å²) in [6.07, 6.45) is 3.82. The van der Waals surface area contributed by atoms with E-state index in [0.717, 1.165) is 85.0 Å². The monoisotopic (exact) mass is 477 g/mol. The molecule has 0 bridgehead atoms. The van der Waals surface area contributed by atoms with Crippen molar-refractivity contribution in [2.75, 3.05) is 53.1 Å². The molecule has 8 heteroatoms. The Hall–Kier alpha value is -3.36. The van der Waals surface area contributed by atoms with Crippen molar-refractivity contribution >= 4 is 16.8 Å². The Bertz CT molecular complexity index is 1180. The zero-order valence-electron chi connectivity index (χ0n) is 20.0. The molecule has 0 spiro atoms. The molecule has 0 atom stereocenters. The number of amides is 1. The van der Waals surface area contributed by atoms with Crippen molar-refractivity contribution in [2.45, 2.75) is 19.3 Å². The normalized spacial score (nSPS) is 15.5. The number of benzene rings is 2. The van der Waals surface area contributed by atoms with E-state index in [-0.39, 0.29) is 5.91 Å². The summed E-state index contributed by atoms with van der Waals surface area (Å²) in [4.78, 5) is 18.6. The van der Waals surface area contributed by atoms with Crippen LogP contribution in [0.5, 0.6) is 23.0 Å². The predicted octanol–water partition coefficient (Wildman–Crippen LogP) is 3.35. The number of nitrogens with one attached hydrogen (secondary N) is 1. The largest absolute Gasteiger partial charge is 0.490 e. The fraction of sp³-hybridized carbons (Fsp3) is 0.407. The van der Waals surface area contributed by atoms with Crippen molar-refractivity contribution < 1.29 is 23.7 Å². The molecular formula is C27H31N3O5. The van der Waals surface area contributed by atoms with E-state index < -0.39 is 0 Å². The average molecular weight is 478 g/mol. The third-order valence-electron chi connectivity index (χ3n) is 6.38. The number of rotatable bonds is 9. The fourth-order valence-corrected chi connectivity index (χ4v) is 4.54. The second kappa shape index (κ2) is 10.9. The van der Waals surface area contributed by atoms with E-state index in [4.69, 9.17) is 18.9 Å². The van der Waals surface area contributed by atoms with Gasteiger partial charge in [-0.25, -0.2) is 0 Å². The Morgan fingerprint density at radius 3 is 2.74 bits per heavy atom. The number of carbonyl (C=O) groups is 1. The topological polar surface area (TPSA) is 82.2 Å². The summed E-state index contributed by atoms with van der Waals surface area (Å²) in [7, 11) is 1.64. The number of fused-ring (bicyclic) bond motifs is 3. The number of nitrogens with zero attached hydrogens (tertiary/aromatic N) is 2. The SMILES string of the molecule is CNC(=O)Cc1ccc(Oc2ccnc3cc(OCCCN4CCOCC4)c4c(c23)CCO4)cc1. The lowest BCUT2D eigenvalue weighted by Crippen LogP contribution is -2.37. The first-order valence-electron chi connectivity index (χ1n) is 12.2. The molecule has 3 heterocycles. The fourth-order valence-electron chi connectivity index (χ4n) is 4.54. The summed E-state index contributed by atoms with van der Waals surface area (Å²) in [5.74, 6) is 2.95. The van der Waals surface area contributed by atoms with Crippen molar-refractivity contribution in [1.82, 2.24) is 15.2 Å². The van der Waals surface area contributed by atoms with E-state index in [9.17, 15) is 4.79 Å². The number of pyridine rings is 1. The molecule has 1 aromatic heterocycles. The molecule has 1 amide bonds. The van der Waals surface area contributed by atoms with Gasteiger partial charge in [0.15, 0.2) is 11.5 Å². The van der Waals surface area contributed by atoms with E-state index in [1.54, 1.807) is 13.2 Å². The van der Waals surface area contributed by atoms with Crippen LogP contribution in [0.1, 0.15) is 17.5 Å². The van der Waals surface area contributed by atoms with E-state index in [1.165, 1.54) is 0 Å². The molecule has 3 aromatic rings. The summed E-state index contributed by atoms with van der Waals surface area (Å²) in [5.41, 5.74) is 2.83. The lowest BCUT2D eigenvalue weighted by Gasteiger charge is -2.26. The highest BCUT2D eigenvalue weighted by Gasteiger charge is 2.24. The molecule has 1 fully saturated rings. The van der Waals surface area contributed by atoms with Gasteiger partial charge in [-0.3, -0.25) is 14.7 Å². The zero-order chi connectivity index (χ0) is 24.0. The summed E-state index contributed by atoms with van der Waals surface area (Å²) < 4.78 is 23.8. The first-order valence-corrected chi connectivity index (χ1v) is 12.2. The third kappa shape index (κ3) is 5.49. The first-order chi connectivity index (χ1) is 17.2. The molecule has 184 valence electrons. The molecule has 2 aliphatic heterocycles. The van der Waals surface area contributed by atoms with Crippen molar-refractivity contribution in [3.05, 3.63) is 53.7 Å². The standard InChI is InChI=1S/C27H31N3O5/c1-28-25(31)17-19-3-5-20(6-4-19)35-23-7-9-29-22-18-24(27-21(26(22)23)8-14-34-27)33-13-2-10-30-11-15-32-16-12-30/h3-7,9,18H,2,8,10-17H2,1H3,(H,28,31). The van der Waals surface area contributed by atoms with Crippen molar-refractivity contribution in [3.8, 4) is 23.0 Å². The van der Waals surface area contributed by atoms with Gasteiger partial charge < -0.3 is 24.3 Å². The Balaban J connectivity index is 1.31. The van der Waals surface area contributed by atoms with E-state index >= 15 is 0 Å². The molecule has 1 saturated heterocycles. The second-order valence-corrected chi connectivity index (χ2v) is 8.74. The van der Waals surface area contributed by atoms with Crippen LogP contribution in [0.15, 0.2) is 42.6 Å². The summed E-state index contributed by atoms with van der Waals surface area (Å²) in [6.45, 7) is 5.82. The van der Waals surface area contributed by atoms with Crippen LogP contribution < -0.4 is 19.5 Å². The third-order valence-corrected chi connectivity index (χ3v) is 6.38. The maximum atomic E-state index is 11.6. The molecule has 5 rings (SSSR count). The first kappa shape index (κ1) is 23.4. The second-order valence-electron chi connectivity index (χ2n) is 8.74.